The minimum absolute atomic E-state index is 0.157. The lowest BCUT2D eigenvalue weighted by molar-refractivity contribution is 0.0774. The van der Waals surface area contributed by atoms with Crippen LogP contribution >= 0.6 is 15.9 Å². The Balaban J connectivity index is 1.62. The van der Waals surface area contributed by atoms with Gasteiger partial charge in [0.15, 0.2) is 0 Å². The zero-order chi connectivity index (χ0) is 18.1. The third-order valence-corrected chi connectivity index (χ3v) is 5.47. The monoisotopic (exact) mass is 416 g/mol. The van der Waals surface area contributed by atoms with Crippen molar-refractivity contribution in [1.29, 1.82) is 0 Å². The fourth-order valence-corrected chi connectivity index (χ4v) is 4.03. The van der Waals surface area contributed by atoms with Crippen molar-refractivity contribution in [3.05, 3.63) is 63.9 Å². The highest BCUT2D eigenvalue weighted by molar-refractivity contribution is 9.11. The summed E-state index contributed by atoms with van der Waals surface area (Å²) in [6.45, 7) is 3.10. The molecule has 0 spiro atoms. The van der Waals surface area contributed by atoms with Gasteiger partial charge in [-0.05, 0) is 59.1 Å². The maximum atomic E-state index is 12.6. The van der Waals surface area contributed by atoms with Gasteiger partial charge in [0.25, 0.3) is 5.91 Å². The Morgan fingerprint density at radius 3 is 3.08 bits per heavy atom. The van der Waals surface area contributed by atoms with E-state index in [0.29, 0.717) is 24.6 Å². The summed E-state index contributed by atoms with van der Waals surface area (Å²) in [6.07, 6.45) is 8.34. The minimum Gasteiger partial charge on any atom is -0.378 e. The number of allylic oxidation sites excluding steroid dienone is 2. The Kier molecular flexibility index (Phi) is 4.80. The number of aromatic nitrogens is 1. The first-order chi connectivity index (χ1) is 12.7. The van der Waals surface area contributed by atoms with Gasteiger partial charge >= 0.3 is 0 Å². The number of nitrogens with zero attached hydrogens (tertiary/aromatic N) is 3. The van der Waals surface area contributed by atoms with E-state index in [9.17, 15) is 4.79 Å². The summed E-state index contributed by atoms with van der Waals surface area (Å²) in [6, 6.07) is 3.52. The molecule has 1 atom stereocenters. The molecular weight excluding hydrogens is 396 g/mol. The number of halogens is 1. The lowest BCUT2D eigenvalue weighted by Gasteiger charge is -2.36. The lowest BCUT2D eigenvalue weighted by Crippen LogP contribution is -2.41. The van der Waals surface area contributed by atoms with E-state index in [1.54, 1.807) is 24.5 Å². The van der Waals surface area contributed by atoms with Crippen LogP contribution in [0.5, 0.6) is 0 Å². The summed E-state index contributed by atoms with van der Waals surface area (Å²) in [4.78, 5) is 16.6. The van der Waals surface area contributed by atoms with E-state index < -0.39 is 0 Å². The first-order valence-electron chi connectivity index (χ1n) is 8.68. The molecule has 1 unspecified atom stereocenters. The maximum Gasteiger partial charge on any atom is 0.257 e. The molecule has 1 saturated heterocycles. The van der Waals surface area contributed by atoms with Crippen LogP contribution in [0.4, 0.5) is 0 Å². The molecule has 4 heterocycles. The summed E-state index contributed by atoms with van der Waals surface area (Å²) in [5, 5.41) is 10.8. The lowest BCUT2D eigenvalue weighted by atomic mass is 10.1. The number of nitrogens with two attached hydrogens (primary N) is 1. The van der Waals surface area contributed by atoms with E-state index >= 15 is 0 Å². The van der Waals surface area contributed by atoms with Crippen LogP contribution in [0.2, 0.25) is 0 Å². The molecular formula is C18H21BrN6O. The van der Waals surface area contributed by atoms with Crippen molar-refractivity contribution < 1.29 is 4.79 Å². The normalized spacial score (nSPS) is 22.7. The van der Waals surface area contributed by atoms with E-state index in [1.165, 1.54) is 0 Å². The van der Waals surface area contributed by atoms with E-state index in [0.717, 1.165) is 41.2 Å². The van der Waals surface area contributed by atoms with Gasteiger partial charge in [0.2, 0.25) is 0 Å². The average Bonchev–Trinajstić information content (AvgIpc) is 3.30. The van der Waals surface area contributed by atoms with Crippen LogP contribution in [0.15, 0.2) is 58.4 Å². The minimum atomic E-state index is -0.157. The zero-order valence-electron chi connectivity index (χ0n) is 14.3. The summed E-state index contributed by atoms with van der Waals surface area (Å²) in [7, 11) is 0. The van der Waals surface area contributed by atoms with Gasteiger partial charge in [-0.25, -0.2) is 5.01 Å². The van der Waals surface area contributed by atoms with Crippen LogP contribution in [-0.4, -0.2) is 47.1 Å². The Morgan fingerprint density at radius 1 is 1.46 bits per heavy atom. The molecule has 26 heavy (non-hydrogen) atoms. The predicted octanol–water partition coefficient (Wildman–Crippen LogP) is 1.26. The van der Waals surface area contributed by atoms with Gasteiger partial charge in [-0.1, -0.05) is 0 Å². The van der Waals surface area contributed by atoms with Crippen molar-refractivity contribution >= 4 is 21.8 Å². The number of amides is 1. The van der Waals surface area contributed by atoms with Crippen molar-refractivity contribution in [3.63, 3.8) is 0 Å². The van der Waals surface area contributed by atoms with Crippen LogP contribution in [0, 0.1) is 5.92 Å². The van der Waals surface area contributed by atoms with E-state index in [2.05, 4.69) is 41.6 Å². The number of pyridine rings is 1. The molecule has 0 aliphatic carbocycles. The maximum absolute atomic E-state index is 12.6. The molecule has 3 aliphatic rings. The summed E-state index contributed by atoms with van der Waals surface area (Å²) >= 11 is 3.67. The Bertz CT molecular complexity index is 803. The molecule has 0 saturated carbocycles. The molecule has 1 amide bonds. The second-order valence-corrected chi connectivity index (χ2v) is 7.37. The van der Waals surface area contributed by atoms with Gasteiger partial charge in [-0.2, -0.15) is 0 Å². The molecule has 1 fully saturated rings. The quantitative estimate of drug-likeness (QED) is 0.640. The number of hydrazine groups is 1. The second kappa shape index (κ2) is 7.22. The SMILES string of the molecule is NCC1CCN(N2C(Br)=CC=C3NCC(NC(=O)c4cccnc4)=C32)C1. The van der Waals surface area contributed by atoms with Gasteiger partial charge in [0.05, 0.1) is 23.5 Å². The number of carbonyl (C=O) groups excluding carboxylic acids is 1. The number of carbonyl (C=O) groups is 1. The average molecular weight is 417 g/mol. The van der Waals surface area contributed by atoms with Crippen LogP contribution < -0.4 is 16.4 Å². The number of fused-ring (bicyclic) bond motifs is 1. The van der Waals surface area contributed by atoms with Crippen LogP contribution in [0.25, 0.3) is 0 Å². The number of hydrogen-bond acceptors (Lipinski definition) is 6. The van der Waals surface area contributed by atoms with Crippen molar-refractivity contribution in [1.82, 2.24) is 25.6 Å². The molecule has 4 rings (SSSR count). The third-order valence-electron chi connectivity index (χ3n) is 4.87. The van der Waals surface area contributed by atoms with Gasteiger partial charge in [0, 0.05) is 25.5 Å². The number of hydrogen-bond donors (Lipinski definition) is 3. The number of rotatable bonds is 4. The summed E-state index contributed by atoms with van der Waals surface area (Å²) in [5.41, 5.74) is 9.23. The van der Waals surface area contributed by atoms with E-state index in [-0.39, 0.29) is 5.91 Å². The van der Waals surface area contributed by atoms with Gasteiger partial charge in [-0.15, -0.1) is 0 Å². The van der Waals surface area contributed by atoms with Crippen LogP contribution in [-0.2, 0) is 0 Å². The smallest absolute Gasteiger partial charge is 0.257 e. The van der Waals surface area contributed by atoms with E-state index in [4.69, 9.17) is 5.73 Å². The second-order valence-electron chi connectivity index (χ2n) is 6.56. The third kappa shape index (κ3) is 3.15. The van der Waals surface area contributed by atoms with Gasteiger partial charge in [0.1, 0.15) is 10.3 Å². The Morgan fingerprint density at radius 2 is 2.35 bits per heavy atom. The highest BCUT2D eigenvalue weighted by Gasteiger charge is 2.35. The van der Waals surface area contributed by atoms with E-state index in [1.807, 2.05) is 12.2 Å². The van der Waals surface area contributed by atoms with Crippen molar-refractivity contribution in [2.75, 3.05) is 26.2 Å². The van der Waals surface area contributed by atoms with Gasteiger partial charge < -0.3 is 16.4 Å². The van der Waals surface area contributed by atoms with Crippen LogP contribution in [0.1, 0.15) is 16.8 Å². The fraction of sp³-hybridized carbons (Fsp3) is 0.333. The predicted molar refractivity (Wildman–Crippen MR) is 102 cm³/mol. The van der Waals surface area contributed by atoms with Crippen molar-refractivity contribution in [2.45, 2.75) is 6.42 Å². The summed E-state index contributed by atoms with van der Waals surface area (Å²) in [5.74, 6) is 0.337. The molecule has 1 aromatic heterocycles. The molecule has 3 aliphatic heterocycles. The molecule has 4 N–H and O–H groups in total. The van der Waals surface area contributed by atoms with Crippen molar-refractivity contribution in [2.24, 2.45) is 11.7 Å². The topological polar surface area (TPSA) is 86.5 Å². The summed E-state index contributed by atoms with van der Waals surface area (Å²) < 4.78 is 0.950. The number of nitrogens with one attached hydrogen (secondary N) is 2. The highest BCUT2D eigenvalue weighted by atomic mass is 79.9. The standard InChI is InChI=1S/C18H21BrN6O/c19-16-4-3-14-17(25(16)24-7-5-12(8-20)11-24)15(10-22-14)23-18(26)13-2-1-6-21-9-13/h1-4,6,9,12,22H,5,7-8,10-11,20H2,(H,23,26). The molecule has 1 aromatic rings. The zero-order valence-corrected chi connectivity index (χ0v) is 15.9. The molecule has 136 valence electrons. The molecule has 0 bridgehead atoms. The molecule has 0 aromatic carbocycles. The van der Waals surface area contributed by atoms with Gasteiger partial charge in [-0.3, -0.25) is 14.8 Å². The van der Waals surface area contributed by atoms with Crippen LogP contribution in [0.3, 0.4) is 0 Å². The highest BCUT2D eigenvalue weighted by Crippen LogP contribution is 2.36. The molecule has 8 heteroatoms. The first kappa shape index (κ1) is 17.3. The molecule has 0 radical (unpaired) electrons. The molecule has 7 nitrogen and oxygen atoms in total. The Labute approximate surface area is 160 Å². The fourth-order valence-electron chi connectivity index (χ4n) is 3.50. The Hall–Kier alpha value is -2.16. The first-order valence-corrected chi connectivity index (χ1v) is 9.48. The van der Waals surface area contributed by atoms with Crippen molar-refractivity contribution in [3.8, 4) is 0 Å². The largest absolute Gasteiger partial charge is 0.378 e.